The lowest BCUT2D eigenvalue weighted by Gasteiger charge is -2.29. The molecule has 1 atom stereocenters. The maximum atomic E-state index is 13.4. The SMILES string of the molecule is CC(NC1CCC(N)CC1)c1ccc(Cl)c(F)c1. The van der Waals surface area contributed by atoms with Gasteiger partial charge >= 0.3 is 0 Å². The molecule has 0 radical (unpaired) electrons. The molecule has 1 aliphatic rings. The fourth-order valence-corrected chi connectivity index (χ4v) is 2.63. The number of rotatable bonds is 3. The highest BCUT2D eigenvalue weighted by Gasteiger charge is 2.20. The van der Waals surface area contributed by atoms with E-state index in [0.717, 1.165) is 31.2 Å². The quantitative estimate of drug-likeness (QED) is 0.883. The van der Waals surface area contributed by atoms with E-state index in [0.29, 0.717) is 12.1 Å². The largest absolute Gasteiger partial charge is 0.328 e. The standard InChI is InChI=1S/C14H20ClFN2/c1-9(10-2-7-13(15)14(16)8-10)18-12-5-3-11(17)4-6-12/h2,7-9,11-12,18H,3-6,17H2,1H3. The highest BCUT2D eigenvalue weighted by atomic mass is 35.5. The van der Waals surface area contributed by atoms with Crippen molar-refractivity contribution in [2.24, 2.45) is 5.73 Å². The molecule has 1 fully saturated rings. The molecule has 1 aliphatic carbocycles. The van der Waals surface area contributed by atoms with Crippen LogP contribution in [-0.2, 0) is 0 Å². The van der Waals surface area contributed by atoms with Crippen molar-refractivity contribution in [3.8, 4) is 0 Å². The molecule has 100 valence electrons. The number of nitrogens with two attached hydrogens (primary N) is 1. The summed E-state index contributed by atoms with van der Waals surface area (Å²) in [5.74, 6) is -0.353. The average molecular weight is 271 g/mol. The van der Waals surface area contributed by atoms with Crippen molar-refractivity contribution in [3.05, 3.63) is 34.6 Å². The van der Waals surface area contributed by atoms with E-state index in [1.165, 1.54) is 6.07 Å². The van der Waals surface area contributed by atoms with Crippen LogP contribution in [0.2, 0.25) is 5.02 Å². The molecule has 0 aromatic heterocycles. The molecule has 0 saturated heterocycles. The van der Waals surface area contributed by atoms with Crippen molar-refractivity contribution in [2.75, 3.05) is 0 Å². The van der Waals surface area contributed by atoms with E-state index in [4.69, 9.17) is 17.3 Å². The smallest absolute Gasteiger partial charge is 0.142 e. The lowest BCUT2D eigenvalue weighted by atomic mass is 9.91. The van der Waals surface area contributed by atoms with Gasteiger partial charge in [-0.15, -0.1) is 0 Å². The van der Waals surface area contributed by atoms with Crippen LogP contribution >= 0.6 is 11.6 Å². The van der Waals surface area contributed by atoms with Crippen LogP contribution in [-0.4, -0.2) is 12.1 Å². The van der Waals surface area contributed by atoms with Gasteiger partial charge in [0.15, 0.2) is 0 Å². The average Bonchev–Trinajstić information content (AvgIpc) is 2.35. The fourth-order valence-electron chi connectivity index (χ4n) is 2.52. The minimum absolute atomic E-state index is 0.135. The van der Waals surface area contributed by atoms with Crippen LogP contribution in [0, 0.1) is 5.82 Å². The van der Waals surface area contributed by atoms with E-state index in [1.54, 1.807) is 6.07 Å². The predicted molar refractivity (Wildman–Crippen MR) is 73.2 cm³/mol. The molecule has 0 aliphatic heterocycles. The Hall–Kier alpha value is -0.640. The summed E-state index contributed by atoms with van der Waals surface area (Å²) < 4.78 is 13.4. The van der Waals surface area contributed by atoms with Crippen LogP contribution in [0.25, 0.3) is 0 Å². The second-order valence-electron chi connectivity index (χ2n) is 5.17. The van der Waals surface area contributed by atoms with Crippen molar-refractivity contribution in [1.29, 1.82) is 0 Å². The lowest BCUT2D eigenvalue weighted by Crippen LogP contribution is -2.38. The molecule has 18 heavy (non-hydrogen) atoms. The van der Waals surface area contributed by atoms with Gasteiger partial charge in [0.1, 0.15) is 5.82 Å². The molecule has 1 saturated carbocycles. The Morgan fingerprint density at radius 2 is 2.00 bits per heavy atom. The molecule has 1 aromatic rings. The molecular weight excluding hydrogens is 251 g/mol. The summed E-state index contributed by atoms with van der Waals surface area (Å²) in [6, 6.07) is 5.97. The fraction of sp³-hybridized carbons (Fsp3) is 0.571. The minimum atomic E-state index is -0.353. The van der Waals surface area contributed by atoms with Gasteiger partial charge in [-0.05, 0) is 50.3 Å². The van der Waals surface area contributed by atoms with Gasteiger partial charge in [0.05, 0.1) is 5.02 Å². The van der Waals surface area contributed by atoms with Gasteiger partial charge in [-0.25, -0.2) is 4.39 Å². The predicted octanol–water partition coefficient (Wildman–Crippen LogP) is 3.40. The molecule has 0 spiro atoms. The molecule has 2 rings (SSSR count). The van der Waals surface area contributed by atoms with E-state index in [9.17, 15) is 4.39 Å². The Morgan fingerprint density at radius 1 is 1.33 bits per heavy atom. The number of halogens is 2. The molecule has 2 nitrogen and oxygen atoms in total. The van der Waals surface area contributed by atoms with Gasteiger partial charge < -0.3 is 11.1 Å². The third-order valence-corrected chi connectivity index (χ3v) is 4.01. The number of hydrogen-bond donors (Lipinski definition) is 2. The van der Waals surface area contributed by atoms with Gasteiger partial charge in [0.2, 0.25) is 0 Å². The molecule has 4 heteroatoms. The summed E-state index contributed by atoms with van der Waals surface area (Å²) in [7, 11) is 0. The van der Waals surface area contributed by atoms with Crippen LogP contribution < -0.4 is 11.1 Å². The molecule has 0 bridgehead atoms. The molecule has 1 aromatic carbocycles. The van der Waals surface area contributed by atoms with Crippen molar-refractivity contribution < 1.29 is 4.39 Å². The van der Waals surface area contributed by atoms with E-state index in [1.807, 2.05) is 6.07 Å². The third kappa shape index (κ3) is 3.44. The van der Waals surface area contributed by atoms with Gasteiger partial charge in [0.25, 0.3) is 0 Å². The molecule has 0 heterocycles. The van der Waals surface area contributed by atoms with Crippen molar-refractivity contribution in [1.82, 2.24) is 5.32 Å². The zero-order chi connectivity index (χ0) is 13.1. The van der Waals surface area contributed by atoms with E-state index >= 15 is 0 Å². The second kappa shape index (κ2) is 6.00. The molecule has 0 amide bonds. The van der Waals surface area contributed by atoms with Crippen LogP contribution in [0.5, 0.6) is 0 Å². The first-order chi connectivity index (χ1) is 8.56. The van der Waals surface area contributed by atoms with Crippen LogP contribution in [0.3, 0.4) is 0 Å². The third-order valence-electron chi connectivity index (χ3n) is 3.70. The first kappa shape index (κ1) is 13.8. The van der Waals surface area contributed by atoms with E-state index in [2.05, 4.69) is 12.2 Å². The first-order valence-corrected chi connectivity index (χ1v) is 6.90. The van der Waals surface area contributed by atoms with Crippen LogP contribution in [0.1, 0.15) is 44.2 Å². The minimum Gasteiger partial charge on any atom is -0.328 e. The first-order valence-electron chi connectivity index (χ1n) is 6.53. The van der Waals surface area contributed by atoms with E-state index < -0.39 is 0 Å². The number of benzene rings is 1. The van der Waals surface area contributed by atoms with Crippen molar-refractivity contribution >= 4 is 11.6 Å². The summed E-state index contributed by atoms with van der Waals surface area (Å²) in [6.45, 7) is 2.05. The van der Waals surface area contributed by atoms with Gasteiger partial charge in [-0.1, -0.05) is 17.7 Å². The lowest BCUT2D eigenvalue weighted by molar-refractivity contribution is 0.322. The maximum absolute atomic E-state index is 13.4. The van der Waals surface area contributed by atoms with Gasteiger partial charge in [-0.3, -0.25) is 0 Å². The second-order valence-corrected chi connectivity index (χ2v) is 5.58. The van der Waals surface area contributed by atoms with Crippen molar-refractivity contribution in [2.45, 2.75) is 50.7 Å². The van der Waals surface area contributed by atoms with Gasteiger partial charge in [0, 0.05) is 18.1 Å². The van der Waals surface area contributed by atoms with Crippen LogP contribution in [0.4, 0.5) is 4.39 Å². The summed E-state index contributed by atoms with van der Waals surface area (Å²) >= 11 is 5.68. The number of hydrogen-bond acceptors (Lipinski definition) is 2. The number of nitrogens with one attached hydrogen (secondary N) is 1. The highest BCUT2D eigenvalue weighted by Crippen LogP contribution is 2.23. The highest BCUT2D eigenvalue weighted by molar-refractivity contribution is 6.30. The summed E-state index contributed by atoms with van der Waals surface area (Å²) in [5, 5.41) is 3.71. The Morgan fingerprint density at radius 3 is 2.61 bits per heavy atom. The Kier molecular flexibility index (Phi) is 4.60. The van der Waals surface area contributed by atoms with Crippen LogP contribution in [0.15, 0.2) is 18.2 Å². The molecule has 1 unspecified atom stereocenters. The van der Waals surface area contributed by atoms with Gasteiger partial charge in [-0.2, -0.15) is 0 Å². The monoisotopic (exact) mass is 270 g/mol. The van der Waals surface area contributed by atoms with Crippen molar-refractivity contribution in [3.63, 3.8) is 0 Å². The Bertz CT molecular complexity index is 403. The van der Waals surface area contributed by atoms with E-state index in [-0.39, 0.29) is 16.9 Å². The summed E-state index contributed by atoms with van der Waals surface area (Å²) in [5.41, 5.74) is 6.82. The zero-order valence-corrected chi connectivity index (χ0v) is 11.4. The normalized spacial score (nSPS) is 26.0. The molecule has 3 N–H and O–H groups in total. The summed E-state index contributed by atoms with van der Waals surface area (Å²) in [4.78, 5) is 0. The Labute approximate surface area is 113 Å². The Balaban J connectivity index is 1.94. The maximum Gasteiger partial charge on any atom is 0.142 e. The zero-order valence-electron chi connectivity index (χ0n) is 10.6. The molecular formula is C14H20ClFN2. The topological polar surface area (TPSA) is 38.0 Å². The summed E-state index contributed by atoms with van der Waals surface area (Å²) in [6.07, 6.45) is 4.34.